The number of carbonyl (C=O) groups is 1. The highest BCUT2D eigenvalue weighted by atomic mass is 16.4. The van der Waals surface area contributed by atoms with E-state index >= 15 is 0 Å². The van der Waals surface area contributed by atoms with Crippen molar-refractivity contribution in [2.75, 3.05) is 13.1 Å². The Labute approximate surface area is 79.7 Å². The van der Waals surface area contributed by atoms with Crippen LogP contribution in [0.15, 0.2) is 0 Å². The molecule has 0 radical (unpaired) electrons. The molecule has 0 spiro atoms. The van der Waals surface area contributed by atoms with Crippen LogP contribution in [0.25, 0.3) is 0 Å². The Balaban J connectivity index is 3.19. The fourth-order valence-corrected chi connectivity index (χ4v) is 1.09. The predicted octanol–water partition coefficient (Wildman–Crippen LogP) is 1.22. The fraction of sp³-hybridized carbons (Fsp3) is 0.889. The standard InChI is InChI=1S/C9H20N2O2/c1-2-3-4-5-7-11(10)8-6-9(12)13/h2-8,10H2,1H3,(H,12,13). The highest BCUT2D eigenvalue weighted by Gasteiger charge is 2.01. The molecule has 0 aromatic heterocycles. The summed E-state index contributed by atoms with van der Waals surface area (Å²) in [5.74, 6) is 4.79. The molecule has 0 aromatic rings. The van der Waals surface area contributed by atoms with Crippen molar-refractivity contribution in [2.24, 2.45) is 5.84 Å². The maximum absolute atomic E-state index is 10.2. The number of rotatable bonds is 8. The van der Waals surface area contributed by atoms with Gasteiger partial charge < -0.3 is 5.11 Å². The van der Waals surface area contributed by atoms with Crippen LogP contribution in [0.1, 0.15) is 39.0 Å². The molecule has 0 aliphatic rings. The van der Waals surface area contributed by atoms with Crippen LogP contribution in [0, 0.1) is 0 Å². The first-order valence-electron chi connectivity index (χ1n) is 4.88. The molecule has 0 rings (SSSR count). The van der Waals surface area contributed by atoms with E-state index < -0.39 is 5.97 Å². The van der Waals surface area contributed by atoms with Crippen molar-refractivity contribution in [3.63, 3.8) is 0 Å². The second-order valence-electron chi connectivity index (χ2n) is 3.24. The van der Waals surface area contributed by atoms with Gasteiger partial charge in [0.25, 0.3) is 0 Å². The third-order valence-corrected chi connectivity index (χ3v) is 1.91. The van der Waals surface area contributed by atoms with E-state index in [4.69, 9.17) is 10.9 Å². The number of carboxylic acid groups (broad SMARTS) is 1. The molecule has 4 nitrogen and oxygen atoms in total. The number of aliphatic carboxylic acids is 1. The Hall–Kier alpha value is -0.610. The largest absolute Gasteiger partial charge is 0.481 e. The highest BCUT2D eigenvalue weighted by Crippen LogP contribution is 1.99. The summed E-state index contributed by atoms with van der Waals surface area (Å²) in [6, 6.07) is 0. The lowest BCUT2D eigenvalue weighted by Crippen LogP contribution is -2.33. The van der Waals surface area contributed by atoms with E-state index in [1.54, 1.807) is 5.01 Å². The first-order chi connectivity index (χ1) is 6.16. The highest BCUT2D eigenvalue weighted by molar-refractivity contribution is 5.66. The second-order valence-corrected chi connectivity index (χ2v) is 3.24. The van der Waals surface area contributed by atoms with Gasteiger partial charge in [-0.3, -0.25) is 10.6 Å². The molecular formula is C9H20N2O2. The van der Waals surface area contributed by atoms with Crippen molar-refractivity contribution < 1.29 is 9.90 Å². The van der Waals surface area contributed by atoms with Crippen LogP contribution in [0.5, 0.6) is 0 Å². The van der Waals surface area contributed by atoms with Gasteiger partial charge in [-0.15, -0.1) is 0 Å². The van der Waals surface area contributed by atoms with Crippen molar-refractivity contribution in [1.82, 2.24) is 5.01 Å². The van der Waals surface area contributed by atoms with Crippen LogP contribution in [0.3, 0.4) is 0 Å². The number of nitrogens with zero attached hydrogens (tertiary/aromatic N) is 1. The van der Waals surface area contributed by atoms with Crippen molar-refractivity contribution in [3.8, 4) is 0 Å². The minimum Gasteiger partial charge on any atom is -0.481 e. The molecule has 0 aliphatic carbocycles. The zero-order chi connectivity index (χ0) is 10.1. The summed E-state index contributed by atoms with van der Waals surface area (Å²) in [5.41, 5.74) is 0. The zero-order valence-electron chi connectivity index (χ0n) is 8.33. The van der Waals surface area contributed by atoms with Gasteiger partial charge in [0.2, 0.25) is 0 Å². The normalized spacial score (nSPS) is 10.7. The van der Waals surface area contributed by atoms with Gasteiger partial charge in [0, 0.05) is 13.1 Å². The lowest BCUT2D eigenvalue weighted by molar-refractivity contribution is -0.137. The van der Waals surface area contributed by atoms with Gasteiger partial charge in [-0.05, 0) is 6.42 Å². The van der Waals surface area contributed by atoms with Gasteiger partial charge in [0.1, 0.15) is 0 Å². The number of unbranched alkanes of at least 4 members (excludes halogenated alkanes) is 3. The summed E-state index contributed by atoms with van der Waals surface area (Å²) < 4.78 is 0. The predicted molar refractivity (Wildman–Crippen MR) is 52.2 cm³/mol. The number of hydrogen-bond acceptors (Lipinski definition) is 3. The lowest BCUT2D eigenvalue weighted by Gasteiger charge is -2.14. The first-order valence-corrected chi connectivity index (χ1v) is 4.88. The molecule has 0 aliphatic heterocycles. The topological polar surface area (TPSA) is 66.6 Å². The fourth-order valence-electron chi connectivity index (χ4n) is 1.09. The molecule has 0 aromatic carbocycles. The van der Waals surface area contributed by atoms with Gasteiger partial charge in [0.15, 0.2) is 0 Å². The molecule has 13 heavy (non-hydrogen) atoms. The maximum atomic E-state index is 10.2. The second kappa shape index (κ2) is 8.01. The van der Waals surface area contributed by atoms with E-state index in [2.05, 4.69) is 6.92 Å². The summed E-state index contributed by atoms with van der Waals surface area (Å²) in [5, 5.41) is 9.98. The Kier molecular flexibility index (Phi) is 7.63. The summed E-state index contributed by atoms with van der Waals surface area (Å²) in [7, 11) is 0. The number of nitrogens with two attached hydrogens (primary N) is 1. The number of hydrogen-bond donors (Lipinski definition) is 2. The van der Waals surface area contributed by atoms with Crippen molar-refractivity contribution in [2.45, 2.75) is 39.0 Å². The van der Waals surface area contributed by atoms with Crippen molar-refractivity contribution >= 4 is 5.97 Å². The van der Waals surface area contributed by atoms with E-state index in [0.29, 0.717) is 6.54 Å². The smallest absolute Gasteiger partial charge is 0.304 e. The Morgan fingerprint density at radius 1 is 1.31 bits per heavy atom. The Bertz CT molecular complexity index is 140. The molecule has 0 atom stereocenters. The van der Waals surface area contributed by atoms with Crippen LogP contribution in [0.4, 0.5) is 0 Å². The molecule has 0 saturated heterocycles. The van der Waals surface area contributed by atoms with Crippen molar-refractivity contribution in [1.29, 1.82) is 0 Å². The Morgan fingerprint density at radius 2 is 2.00 bits per heavy atom. The molecule has 3 N–H and O–H groups in total. The summed E-state index contributed by atoms with van der Waals surface area (Å²) in [6.07, 6.45) is 4.80. The summed E-state index contributed by atoms with van der Waals surface area (Å²) in [6.45, 7) is 3.40. The average molecular weight is 188 g/mol. The van der Waals surface area contributed by atoms with Crippen LogP contribution in [0.2, 0.25) is 0 Å². The monoisotopic (exact) mass is 188 g/mol. The molecule has 0 amide bonds. The SMILES string of the molecule is CCCCCCN(N)CCC(=O)O. The first kappa shape index (κ1) is 12.4. The minimum atomic E-state index is -0.788. The van der Waals surface area contributed by atoms with E-state index in [1.165, 1.54) is 19.3 Å². The van der Waals surface area contributed by atoms with Crippen molar-refractivity contribution in [3.05, 3.63) is 0 Å². The minimum absolute atomic E-state index is 0.129. The van der Waals surface area contributed by atoms with Gasteiger partial charge in [-0.1, -0.05) is 26.2 Å². The number of hydrazine groups is 1. The molecule has 0 saturated carbocycles. The van der Waals surface area contributed by atoms with E-state index in [1.807, 2.05) is 0 Å². The van der Waals surface area contributed by atoms with Crippen LogP contribution in [-0.2, 0) is 4.79 Å². The van der Waals surface area contributed by atoms with Crippen LogP contribution in [-0.4, -0.2) is 29.2 Å². The summed E-state index contributed by atoms with van der Waals surface area (Å²) >= 11 is 0. The maximum Gasteiger partial charge on any atom is 0.304 e. The van der Waals surface area contributed by atoms with Gasteiger partial charge >= 0.3 is 5.97 Å². The molecule has 4 heteroatoms. The van der Waals surface area contributed by atoms with Gasteiger partial charge in [0.05, 0.1) is 6.42 Å². The molecular weight excluding hydrogens is 168 g/mol. The molecule has 78 valence electrons. The molecule has 0 unspecified atom stereocenters. The molecule has 0 fully saturated rings. The van der Waals surface area contributed by atoms with Gasteiger partial charge in [-0.25, -0.2) is 5.01 Å². The lowest BCUT2D eigenvalue weighted by atomic mass is 10.2. The third-order valence-electron chi connectivity index (χ3n) is 1.91. The van der Waals surface area contributed by atoms with E-state index in [-0.39, 0.29) is 6.42 Å². The third kappa shape index (κ3) is 9.30. The molecule has 0 heterocycles. The molecule has 0 bridgehead atoms. The van der Waals surface area contributed by atoms with E-state index in [9.17, 15) is 4.79 Å². The average Bonchev–Trinajstić information content (AvgIpc) is 2.09. The van der Waals surface area contributed by atoms with E-state index in [0.717, 1.165) is 13.0 Å². The van der Waals surface area contributed by atoms with Crippen LogP contribution < -0.4 is 5.84 Å². The quantitative estimate of drug-likeness (QED) is 0.341. The van der Waals surface area contributed by atoms with Crippen LogP contribution >= 0.6 is 0 Å². The zero-order valence-corrected chi connectivity index (χ0v) is 8.33. The Morgan fingerprint density at radius 3 is 2.54 bits per heavy atom. The summed E-state index contributed by atoms with van der Waals surface area (Å²) in [4.78, 5) is 10.2. The number of carboxylic acids is 1. The van der Waals surface area contributed by atoms with Gasteiger partial charge in [-0.2, -0.15) is 0 Å².